The molecule has 0 radical (unpaired) electrons. The summed E-state index contributed by atoms with van der Waals surface area (Å²) < 4.78 is 18.8. The van der Waals surface area contributed by atoms with Gasteiger partial charge in [0.15, 0.2) is 0 Å². The van der Waals surface area contributed by atoms with Crippen molar-refractivity contribution in [3.05, 3.63) is 65.4 Å². The Kier molecular flexibility index (Phi) is 7.51. The SMILES string of the molecule is COc1ccc(C(N)c2nc(CN)nc3ccc(F)cc23)cc1.Cl.Cl. The van der Waals surface area contributed by atoms with Gasteiger partial charge in [0.25, 0.3) is 0 Å². The minimum atomic E-state index is -0.515. The van der Waals surface area contributed by atoms with Crippen LogP contribution in [0.2, 0.25) is 0 Å². The molecule has 3 aromatic rings. The van der Waals surface area contributed by atoms with E-state index in [1.165, 1.54) is 12.1 Å². The van der Waals surface area contributed by atoms with Gasteiger partial charge in [0.05, 0.1) is 30.9 Å². The predicted molar refractivity (Wildman–Crippen MR) is 101 cm³/mol. The maximum Gasteiger partial charge on any atom is 0.142 e. The number of fused-ring (bicyclic) bond motifs is 1. The highest BCUT2D eigenvalue weighted by molar-refractivity contribution is 5.85. The topological polar surface area (TPSA) is 87.0 Å². The molecule has 0 aliphatic heterocycles. The van der Waals surface area contributed by atoms with Gasteiger partial charge < -0.3 is 16.2 Å². The average molecular weight is 385 g/mol. The minimum absolute atomic E-state index is 0. The number of methoxy groups -OCH3 is 1. The highest BCUT2D eigenvalue weighted by Crippen LogP contribution is 2.27. The van der Waals surface area contributed by atoms with E-state index >= 15 is 0 Å². The fourth-order valence-corrected chi connectivity index (χ4v) is 2.47. The standard InChI is InChI=1S/C17H17FN4O.2ClH/c1-23-12-5-2-10(3-6-12)16(20)17-13-8-11(18)4-7-14(13)21-15(9-19)22-17;;/h2-8,16H,9,19-20H2,1H3;2*1H. The Morgan fingerprint density at radius 1 is 1.08 bits per heavy atom. The molecular weight excluding hydrogens is 366 g/mol. The third-order valence-electron chi connectivity index (χ3n) is 3.69. The van der Waals surface area contributed by atoms with Gasteiger partial charge in [0.1, 0.15) is 17.4 Å². The smallest absolute Gasteiger partial charge is 0.142 e. The summed E-state index contributed by atoms with van der Waals surface area (Å²) >= 11 is 0. The number of benzene rings is 2. The summed E-state index contributed by atoms with van der Waals surface area (Å²) in [7, 11) is 1.60. The predicted octanol–water partition coefficient (Wildman–Crippen LogP) is 3.13. The normalized spacial score (nSPS) is 11.4. The lowest BCUT2D eigenvalue weighted by Crippen LogP contribution is -2.17. The molecule has 0 amide bonds. The molecule has 134 valence electrons. The molecule has 2 aromatic carbocycles. The lowest BCUT2D eigenvalue weighted by atomic mass is 10.0. The van der Waals surface area contributed by atoms with E-state index in [0.29, 0.717) is 22.4 Å². The number of nitrogens with zero attached hydrogens (tertiary/aromatic N) is 2. The third kappa shape index (κ3) is 4.35. The molecule has 3 rings (SSSR count). The molecule has 0 saturated carbocycles. The molecule has 8 heteroatoms. The summed E-state index contributed by atoms with van der Waals surface area (Å²) in [5, 5.41) is 0.588. The van der Waals surface area contributed by atoms with Crippen LogP contribution in [-0.2, 0) is 6.54 Å². The molecule has 1 atom stereocenters. The molecule has 0 aliphatic rings. The Balaban J connectivity index is 0.00000156. The van der Waals surface area contributed by atoms with Crippen LogP contribution in [0.3, 0.4) is 0 Å². The minimum Gasteiger partial charge on any atom is -0.497 e. The highest BCUT2D eigenvalue weighted by atomic mass is 35.5. The van der Waals surface area contributed by atoms with Gasteiger partial charge in [0, 0.05) is 5.39 Å². The van der Waals surface area contributed by atoms with E-state index in [9.17, 15) is 4.39 Å². The molecule has 0 aliphatic carbocycles. The third-order valence-corrected chi connectivity index (χ3v) is 3.69. The summed E-state index contributed by atoms with van der Waals surface area (Å²) in [5.41, 5.74) is 14.0. The van der Waals surface area contributed by atoms with Crippen LogP contribution in [0.5, 0.6) is 5.75 Å². The first kappa shape index (κ1) is 21.1. The first-order valence-corrected chi connectivity index (χ1v) is 7.18. The Morgan fingerprint density at radius 2 is 1.76 bits per heavy atom. The summed E-state index contributed by atoms with van der Waals surface area (Å²) in [6.45, 7) is 0.190. The van der Waals surface area contributed by atoms with E-state index in [-0.39, 0.29) is 37.2 Å². The van der Waals surface area contributed by atoms with E-state index in [2.05, 4.69) is 9.97 Å². The van der Waals surface area contributed by atoms with Crippen LogP contribution in [0.4, 0.5) is 4.39 Å². The van der Waals surface area contributed by atoms with Crippen LogP contribution in [0.15, 0.2) is 42.5 Å². The van der Waals surface area contributed by atoms with Crippen molar-refractivity contribution in [1.29, 1.82) is 0 Å². The monoisotopic (exact) mass is 384 g/mol. The summed E-state index contributed by atoms with van der Waals surface area (Å²) in [6, 6.07) is 11.2. The molecule has 1 aromatic heterocycles. The van der Waals surface area contributed by atoms with Crippen molar-refractivity contribution in [3.63, 3.8) is 0 Å². The molecule has 0 fully saturated rings. The number of hydrogen-bond donors (Lipinski definition) is 2. The van der Waals surface area contributed by atoms with Crippen LogP contribution in [0.25, 0.3) is 10.9 Å². The molecule has 5 nitrogen and oxygen atoms in total. The van der Waals surface area contributed by atoms with Crippen LogP contribution < -0.4 is 16.2 Å². The van der Waals surface area contributed by atoms with Gasteiger partial charge in [-0.1, -0.05) is 12.1 Å². The fraction of sp³-hybridized carbons (Fsp3) is 0.176. The second-order valence-electron chi connectivity index (χ2n) is 5.14. The second-order valence-corrected chi connectivity index (χ2v) is 5.14. The molecule has 1 unspecified atom stereocenters. The zero-order chi connectivity index (χ0) is 16.4. The van der Waals surface area contributed by atoms with Gasteiger partial charge in [0.2, 0.25) is 0 Å². The second kappa shape index (κ2) is 8.92. The molecule has 0 bridgehead atoms. The Morgan fingerprint density at radius 3 is 2.36 bits per heavy atom. The number of ether oxygens (including phenoxy) is 1. The number of hydrogen-bond acceptors (Lipinski definition) is 5. The van der Waals surface area contributed by atoms with Gasteiger partial charge in [-0.2, -0.15) is 0 Å². The lowest BCUT2D eigenvalue weighted by molar-refractivity contribution is 0.414. The first-order valence-electron chi connectivity index (χ1n) is 7.18. The molecule has 4 N–H and O–H groups in total. The molecule has 1 heterocycles. The summed E-state index contributed by atoms with van der Waals surface area (Å²) in [5.74, 6) is 0.857. The number of halogens is 3. The van der Waals surface area contributed by atoms with Crippen molar-refractivity contribution in [2.75, 3.05) is 7.11 Å². The van der Waals surface area contributed by atoms with Gasteiger partial charge >= 0.3 is 0 Å². The van der Waals surface area contributed by atoms with Crippen molar-refractivity contribution in [3.8, 4) is 5.75 Å². The number of aromatic nitrogens is 2. The van der Waals surface area contributed by atoms with Crippen molar-refractivity contribution in [1.82, 2.24) is 9.97 Å². The van der Waals surface area contributed by atoms with Crippen LogP contribution in [0, 0.1) is 5.82 Å². The zero-order valence-corrected chi connectivity index (χ0v) is 15.1. The summed E-state index contributed by atoms with van der Waals surface area (Å²) in [4.78, 5) is 8.74. The Hall–Kier alpha value is -1.99. The maximum atomic E-state index is 13.6. The number of nitrogens with two attached hydrogens (primary N) is 2. The Bertz CT molecular complexity index is 846. The highest BCUT2D eigenvalue weighted by Gasteiger charge is 2.17. The molecule has 0 spiro atoms. The molecule has 0 saturated heterocycles. The maximum absolute atomic E-state index is 13.6. The summed E-state index contributed by atoms with van der Waals surface area (Å²) in [6.07, 6.45) is 0. The molecular formula is C17H19Cl2FN4O. The van der Waals surface area contributed by atoms with Gasteiger partial charge in [-0.3, -0.25) is 0 Å². The van der Waals surface area contributed by atoms with E-state index in [1.807, 2.05) is 24.3 Å². The van der Waals surface area contributed by atoms with Gasteiger partial charge in [-0.15, -0.1) is 24.8 Å². The molecule has 25 heavy (non-hydrogen) atoms. The number of rotatable bonds is 4. The fourth-order valence-electron chi connectivity index (χ4n) is 2.47. The lowest BCUT2D eigenvalue weighted by Gasteiger charge is -2.15. The van der Waals surface area contributed by atoms with Crippen molar-refractivity contribution in [2.24, 2.45) is 11.5 Å². The van der Waals surface area contributed by atoms with Crippen molar-refractivity contribution >= 4 is 35.7 Å². The zero-order valence-electron chi connectivity index (χ0n) is 13.5. The van der Waals surface area contributed by atoms with E-state index in [0.717, 1.165) is 11.3 Å². The van der Waals surface area contributed by atoms with E-state index < -0.39 is 6.04 Å². The van der Waals surface area contributed by atoms with E-state index in [4.69, 9.17) is 16.2 Å². The average Bonchev–Trinajstić information content (AvgIpc) is 2.60. The van der Waals surface area contributed by atoms with Crippen molar-refractivity contribution < 1.29 is 9.13 Å². The van der Waals surface area contributed by atoms with E-state index in [1.54, 1.807) is 13.2 Å². The first-order chi connectivity index (χ1) is 11.1. The quantitative estimate of drug-likeness (QED) is 0.721. The largest absolute Gasteiger partial charge is 0.497 e. The van der Waals surface area contributed by atoms with Gasteiger partial charge in [-0.05, 0) is 35.9 Å². The van der Waals surface area contributed by atoms with Gasteiger partial charge in [-0.25, -0.2) is 14.4 Å². The Labute approximate surface area is 157 Å². The van der Waals surface area contributed by atoms with Crippen LogP contribution in [0.1, 0.15) is 23.1 Å². The van der Waals surface area contributed by atoms with Crippen LogP contribution >= 0.6 is 24.8 Å². The van der Waals surface area contributed by atoms with Crippen molar-refractivity contribution in [2.45, 2.75) is 12.6 Å². The van der Waals surface area contributed by atoms with Crippen LogP contribution in [-0.4, -0.2) is 17.1 Å².